The second-order valence-corrected chi connectivity index (χ2v) is 3.55. The van der Waals surface area contributed by atoms with Gasteiger partial charge < -0.3 is 10.4 Å². The van der Waals surface area contributed by atoms with E-state index in [4.69, 9.17) is 5.11 Å². The van der Waals surface area contributed by atoms with Gasteiger partial charge in [0.25, 0.3) is 0 Å². The molecule has 0 aromatic heterocycles. The van der Waals surface area contributed by atoms with Gasteiger partial charge in [0.05, 0.1) is 0 Å². The molecule has 1 rings (SSSR count). The summed E-state index contributed by atoms with van der Waals surface area (Å²) >= 11 is 0. The number of benzene rings is 1. The summed E-state index contributed by atoms with van der Waals surface area (Å²) in [5, 5.41) is 11.9. The number of rotatable bonds is 5. The number of aliphatic hydroxyl groups is 1. The molecule has 0 bridgehead atoms. The summed E-state index contributed by atoms with van der Waals surface area (Å²) in [7, 11) is 0. The van der Waals surface area contributed by atoms with Crippen molar-refractivity contribution in [3.63, 3.8) is 0 Å². The van der Waals surface area contributed by atoms with Crippen molar-refractivity contribution >= 4 is 0 Å². The maximum absolute atomic E-state index is 12.8. The van der Waals surface area contributed by atoms with Crippen LogP contribution in [0.3, 0.4) is 0 Å². The topological polar surface area (TPSA) is 32.3 Å². The largest absolute Gasteiger partial charge is 0.396 e. The zero-order valence-corrected chi connectivity index (χ0v) is 8.33. The summed E-state index contributed by atoms with van der Waals surface area (Å²) in [4.78, 5) is 0. The van der Waals surface area contributed by atoms with Crippen LogP contribution in [0.1, 0.15) is 12.5 Å². The average molecular weight is 197 g/mol. The Morgan fingerprint density at radius 2 is 2.29 bits per heavy atom. The van der Waals surface area contributed by atoms with Gasteiger partial charge in [-0.25, -0.2) is 4.39 Å². The maximum Gasteiger partial charge on any atom is 0.123 e. The van der Waals surface area contributed by atoms with Crippen molar-refractivity contribution in [1.82, 2.24) is 5.32 Å². The van der Waals surface area contributed by atoms with Crippen LogP contribution in [0.25, 0.3) is 0 Å². The lowest BCUT2D eigenvalue weighted by atomic mass is 10.2. The van der Waals surface area contributed by atoms with Crippen molar-refractivity contribution in [3.8, 4) is 0 Å². The van der Waals surface area contributed by atoms with Crippen molar-refractivity contribution in [3.05, 3.63) is 35.6 Å². The number of hydrogen-bond donors (Lipinski definition) is 2. The van der Waals surface area contributed by atoms with Crippen molar-refractivity contribution in [1.29, 1.82) is 0 Å². The molecular formula is C11H16FNO. The number of nitrogens with one attached hydrogen (secondary N) is 1. The van der Waals surface area contributed by atoms with Crippen LogP contribution in [0.5, 0.6) is 0 Å². The van der Waals surface area contributed by atoms with Gasteiger partial charge in [0, 0.05) is 19.7 Å². The molecular weight excluding hydrogens is 181 g/mol. The lowest BCUT2D eigenvalue weighted by Gasteiger charge is -2.09. The first-order valence-corrected chi connectivity index (χ1v) is 4.78. The lowest BCUT2D eigenvalue weighted by molar-refractivity contribution is 0.233. The van der Waals surface area contributed by atoms with Crippen LogP contribution in [-0.2, 0) is 6.54 Å². The molecule has 2 N–H and O–H groups in total. The average Bonchev–Trinajstić information content (AvgIpc) is 2.17. The van der Waals surface area contributed by atoms with Gasteiger partial charge in [0.2, 0.25) is 0 Å². The van der Waals surface area contributed by atoms with E-state index in [-0.39, 0.29) is 18.3 Å². The van der Waals surface area contributed by atoms with Crippen LogP contribution < -0.4 is 5.32 Å². The molecule has 1 aromatic carbocycles. The molecule has 0 saturated carbocycles. The zero-order chi connectivity index (χ0) is 10.4. The quantitative estimate of drug-likeness (QED) is 0.750. The normalized spacial score (nSPS) is 12.8. The van der Waals surface area contributed by atoms with Crippen LogP contribution in [-0.4, -0.2) is 18.3 Å². The van der Waals surface area contributed by atoms with E-state index in [1.54, 1.807) is 6.07 Å². The van der Waals surface area contributed by atoms with E-state index >= 15 is 0 Å². The van der Waals surface area contributed by atoms with E-state index in [9.17, 15) is 4.39 Å². The summed E-state index contributed by atoms with van der Waals surface area (Å²) in [6.45, 7) is 3.52. The summed E-state index contributed by atoms with van der Waals surface area (Å²) in [5.41, 5.74) is 0.926. The highest BCUT2D eigenvalue weighted by molar-refractivity contribution is 5.15. The first kappa shape index (κ1) is 11.1. The fourth-order valence-electron chi connectivity index (χ4n) is 1.17. The van der Waals surface area contributed by atoms with Gasteiger partial charge in [0.15, 0.2) is 0 Å². The monoisotopic (exact) mass is 197 g/mol. The van der Waals surface area contributed by atoms with Crippen molar-refractivity contribution in [2.45, 2.75) is 13.5 Å². The van der Waals surface area contributed by atoms with E-state index in [1.807, 2.05) is 13.0 Å². The van der Waals surface area contributed by atoms with E-state index in [0.717, 1.165) is 12.1 Å². The summed E-state index contributed by atoms with van der Waals surface area (Å²) in [6.07, 6.45) is 0. The van der Waals surface area contributed by atoms with Gasteiger partial charge in [0.1, 0.15) is 5.82 Å². The Bertz CT molecular complexity index is 278. The molecule has 14 heavy (non-hydrogen) atoms. The fraction of sp³-hybridized carbons (Fsp3) is 0.455. The van der Waals surface area contributed by atoms with Crippen LogP contribution >= 0.6 is 0 Å². The Balaban J connectivity index is 2.31. The maximum atomic E-state index is 12.8. The zero-order valence-electron chi connectivity index (χ0n) is 8.33. The number of aliphatic hydroxyl groups excluding tert-OH is 1. The highest BCUT2D eigenvalue weighted by Crippen LogP contribution is 2.02. The molecule has 1 aromatic rings. The highest BCUT2D eigenvalue weighted by Gasteiger charge is 1.99. The molecule has 3 heteroatoms. The van der Waals surface area contributed by atoms with E-state index in [1.165, 1.54) is 12.1 Å². The summed E-state index contributed by atoms with van der Waals surface area (Å²) < 4.78 is 12.8. The number of halogens is 1. The molecule has 0 fully saturated rings. The van der Waals surface area contributed by atoms with Gasteiger partial charge in [-0.2, -0.15) is 0 Å². The standard InChI is InChI=1S/C11H16FNO/c1-9(8-14)6-13-7-10-3-2-4-11(12)5-10/h2-5,9,13-14H,6-8H2,1H3. The molecule has 78 valence electrons. The Hall–Kier alpha value is -0.930. The van der Waals surface area contributed by atoms with Gasteiger partial charge in [-0.1, -0.05) is 19.1 Å². The molecule has 1 unspecified atom stereocenters. The molecule has 0 amide bonds. The first-order chi connectivity index (χ1) is 6.72. The van der Waals surface area contributed by atoms with Gasteiger partial charge >= 0.3 is 0 Å². The molecule has 2 nitrogen and oxygen atoms in total. The molecule has 0 aliphatic carbocycles. The van der Waals surface area contributed by atoms with Gasteiger partial charge in [-0.05, 0) is 23.6 Å². The first-order valence-electron chi connectivity index (χ1n) is 4.78. The smallest absolute Gasteiger partial charge is 0.123 e. The van der Waals surface area contributed by atoms with Crippen LogP contribution in [0.4, 0.5) is 4.39 Å². The molecule has 0 aliphatic rings. The van der Waals surface area contributed by atoms with Crippen molar-refractivity contribution < 1.29 is 9.50 Å². The van der Waals surface area contributed by atoms with Gasteiger partial charge in [-0.15, -0.1) is 0 Å². The van der Waals surface area contributed by atoms with E-state index < -0.39 is 0 Å². The molecule has 0 radical (unpaired) electrons. The third-order valence-corrected chi connectivity index (χ3v) is 2.02. The summed E-state index contributed by atoms with van der Waals surface area (Å²) in [5.74, 6) is 0.0306. The van der Waals surface area contributed by atoms with Crippen LogP contribution in [0.15, 0.2) is 24.3 Å². The van der Waals surface area contributed by atoms with Crippen LogP contribution in [0.2, 0.25) is 0 Å². The van der Waals surface area contributed by atoms with Crippen LogP contribution in [0, 0.1) is 11.7 Å². The van der Waals surface area contributed by atoms with E-state index in [2.05, 4.69) is 5.32 Å². The molecule has 1 atom stereocenters. The molecule has 0 saturated heterocycles. The minimum Gasteiger partial charge on any atom is -0.396 e. The third kappa shape index (κ3) is 3.85. The van der Waals surface area contributed by atoms with Crippen molar-refractivity contribution in [2.24, 2.45) is 5.92 Å². The third-order valence-electron chi connectivity index (χ3n) is 2.02. The minimum atomic E-state index is -0.209. The molecule has 0 spiro atoms. The Labute approximate surface area is 83.8 Å². The lowest BCUT2D eigenvalue weighted by Crippen LogP contribution is -2.22. The minimum absolute atomic E-state index is 0.177. The Morgan fingerprint density at radius 1 is 1.50 bits per heavy atom. The second-order valence-electron chi connectivity index (χ2n) is 3.55. The second kappa shape index (κ2) is 5.73. The predicted octanol–water partition coefficient (Wildman–Crippen LogP) is 1.54. The SMILES string of the molecule is CC(CO)CNCc1cccc(F)c1. The van der Waals surface area contributed by atoms with Gasteiger partial charge in [-0.3, -0.25) is 0 Å². The molecule has 0 aliphatic heterocycles. The number of hydrogen-bond acceptors (Lipinski definition) is 2. The molecule has 0 heterocycles. The fourth-order valence-corrected chi connectivity index (χ4v) is 1.17. The Kier molecular flexibility index (Phi) is 4.56. The van der Waals surface area contributed by atoms with Crippen molar-refractivity contribution in [2.75, 3.05) is 13.2 Å². The van der Waals surface area contributed by atoms with E-state index in [0.29, 0.717) is 6.54 Å². The predicted molar refractivity (Wildman–Crippen MR) is 54.4 cm³/mol. The Morgan fingerprint density at radius 3 is 2.93 bits per heavy atom. The summed E-state index contributed by atoms with van der Waals surface area (Å²) in [6, 6.07) is 6.51. The highest BCUT2D eigenvalue weighted by atomic mass is 19.1.